The molecule has 0 saturated heterocycles. The lowest BCUT2D eigenvalue weighted by Crippen LogP contribution is -2.30. The van der Waals surface area contributed by atoms with Crippen molar-refractivity contribution in [2.75, 3.05) is 20.8 Å². The van der Waals surface area contributed by atoms with Crippen molar-refractivity contribution < 1.29 is 32.6 Å². The molecule has 3 rings (SSSR count). The molecule has 1 aromatic heterocycles. The Morgan fingerprint density at radius 2 is 1.77 bits per heavy atom. The fourth-order valence-corrected chi connectivity index (χ4v) is 2.74. The van der Waals surface area contributed by atoms with Crippen molar-refractivity contribution in [1.29, 1.82) is 0 Å². The van der Waals surface area contributed by atoms with Crippen LogP contribution in [0.3, 0.4) is 0 Å². The van der Waals surface area contributed by atoms with Crippen LogP contribution in [-0.2, 0) is 22.7 Å². The lowest BCUT2D eigenvalue weighted by atomic mass is 10.2. The molecule has 0 fully saturated rings. The van der Waals surface area contributed by atoms with E-state index in [2.05, 4.69) is 0 Å². The van der Waals surface area contributed by atoms with Gasteiger partial charge in [0.15, 0.2) is 6.61 Å². The summed E-state index contributed by atoms with van der Waals surface area (Å²) in [4.78, 5) is 25.9. The fraction of sp³-hybridized carbons (Fsp3) is 0.217. The molecule has 0 saturated carbocycles. The largest absolute Gasteiger partial charge is 0.496 e. The van der Waals surface area contributed by atoms with Crippen LogP contribution in [-0.4, -0.2) is 37.5 Å². The quantitative estimate of drug-likeness (QED) is 0.483. The highest BCUT2D eigenvalue weighted by Gasteiger charge is 2.17. The summed E-state index contributed by atoms with van der Waals surface area (Å²) in [6, 6.07) is 15.9. The Morgan fingerprint density at radius 3 is 2.52 bits per heavy atom. The Bertz CT molecular complexity index is 1030. The van der Waals surface area contributed by atoms with Crippen molar-refractivity contribution >= 4 is 11.9 Å². The minimum absolute atomic E-state index is 0.0436. The third-order valence-electron chi connectivity index (χ3n) is 4.41. The summed E-state index contributed by atoms with van der Waals surface area (Å²) in [7, 11) is 3.17. The number of furan rings is 1. The number of carbonyl (C=O) groups is 2. The van der Waals surface area contributed by atoms with Gasteiger partial charge in [0.05, 0.1) is 7.11 Å². The molecule has 8 heteroatoms. The highest BCUT2D eigenvalue weighted by molar-refractivity contribution is 5.88. The van der Waals surface area contributed by atoms with Crippen molar-refractivity contribution in [1.82, 2.24) is 4.90 Å². The molecule has 0 bridgehead atoms. The van der Waals surface area contributed by atoms with E-state index in [1.165, 1.54) is 35.2 Å². The van der Waals surface area contributed by atoms with Gasteiger partial charge in [-0.3, -0.25) is 4.79 Å². The van der Waals surface area contributed by atoms with E-state index in [9.17, 15) is 14.0 Å². The standard InChI is InChI=1S/C23H22FNO6/c1-25(13-16-5-3-4-6-20(16)28-2)22(26)15-30-23(27)21-12-11-19(31-21)14-29-18-9-7-17(24)8-10-18/h3-12H,13-15H2,1-2H3. The number of hydrogen-bond acceptors (Lipinski definition) is 6. The van der Waals surface area contributed by atoms with Crippen LogP contribution in [0, 0.1) is 5.82 Å². The number of halogens is 1. The summed E-state index contributed by atoms with van der Waals surface area (Å²) in [6.45, 7) is -0.0574. The van der Waals surface area contributed by atoms with Gasteiger partial charge in [-0.15, -0.1) is 0 Å². The van der Waals surface area contributed by atoms with Crippen LogP contribution in [0.2, 0.25) is 0 Å². The van der Waals surface area contributed by atoms with Gasteiger partial charge in [0.1, 0.15) is 29.7 Å². The average molecular weight is 427 g/mol. The van der Waals surface area contributed by atoms with E-state index in [1.54, 1.807) is 20.2 Å². The second kappa shape index (κ2) is 10.3. The minimum Gasteiger partial charge on any atom is -0.496 e. The van der Waals surface area contributed by atoms with Gasteiger partial charge in [-0.05, 0) is 42.5 Å². The van der Waals surface area contributed by atoms with Crippen LogP contribution in [0.15, 0.2) is 65.1 Å². The molecule has 2 aromatic carbocycles. The molecule has 1 heterocycles. The maximum absolute atomic E-state index is 12.9. The topological polar surface area (TPSA) is 78.2 Å². The molecule has 0 aliphatic rings. The van der Waals surface area contributed by atoms with Gasteiger partial charge in [-0.2, -0.15) is 0 Å². The Hall–Kier alpha value is -3.81. The predicted octanol–water partition coefficient (Wildman–Crippen LogP) is 3.82. The normalized spacial score (nSPS) is 10.4. The van der Waals surface area contributed by atoms with Crippen LogP contribution >= 0.6 is 0 Å². The number of rotatable bonds is 9. The first-order chi connectivity index (χ1) is 15.0. The summed E-state index contributed by atoms with van der Waals surface area (Å²) < 4.78 is 34.1. The first kappa shape index (κ1) is 21.9. The maximum atomic E-state index is 12.9. The zero-order valence-electron chi connectivity index (χ0n) is 17.2. The molecule has 0 aliphatic carbocycles. The Balaban J connectivity index is 1.47. The van der Waals surface area contributed by atoms with Gasteiger partial charge < -0.3 is 23.5 Å². The van der Waals surface area contributed by atoms with Crippen LogP contribution < -0.4 is 9.47 Å². The van der Waals surface area contributed by atoms with Crippen molar-refractivity contribution in [3.63, 3.8) is 0 Å². The number of esters is 1. The van der Waals surface area contributed by atoms with Crippen molar-refractivity contribution in [3.8, 4) is 11.5 Å². The third-order valence-corrected chi connectivity index (χ3v) is 4.41. The molecule has 31 heavy (non-hydrogen) atoms. The van der Waals surface area contributed by atoms with Crippen LogP contribution in [0.25, 0.3) is 0 Å². The number of nitrogens with zero attached hydrogens (tertiary/aromatic N) is 1. The van der Waals surface area contributed by atoms with Gasteiger partial charge in [-0.1, -0.05) is 18.2 Å². The second-order valence-electron chi connectivity index (χ2n) is 6.65. The van der Waals surface area contributed by atoms with Crippen molar-refractivity contribution in [2.45, 2.75) is 13.2 Å². The van der Waals surface area contributed by atoms with Gasteiger partial charge in [0.25, 0.3) is 5.91 Å². The average Bonchev–Trinajstić information content (AvgIpc) is 3.26. The smallest absolute Gasteiger partial charge is 0.374 e. The third kappa shape index (κ3) is 6.08. The number of ether oxygens (including phenoxy) is 3. The SMILES string of the molecule is COc1ccccc1CN(C)C(=O)COC(=O)c1ccc(COc2ccc(F)cc2)o1. The zero-order valence-corrected chi connectivity index (χ0v) is 17.2. The molecule has 0 unspecified atom stereocenters. The Kier molecular flexibility index (Phi) is 7.26. The second-order valence-corrected chi connectivity index (χ2v) is 6.65. The highest BCUT2D eigenvalue weighted by Crippen LogP contribution is 2.19. The zero-order chi connectivity index (χ0) is 22.2. The van der Waals surface area contributed by atoms with E-state index >= 15 is 0 Å². The fourth-order valence-electron chi connectivity index (χ4n) is 2.74. The van der Waals surface area contributed by atoms with Gasteiger partial charge >= 0.3 is 5.97 Å². The van der Waals surface area contributed by atoms with Crippen LogP contribution in [0.1, 0.15) is 21.9 Å². The molecule has 3 aromatic rings. The highest BCUT2D eigenvalue weighted by atomic mass is 19.1. The minimum atomic E-state index is -0.757. The summed E-state index contributed by atoms with van der Waals surface area (Å²) in [5.41, 5.74) is 0.837. The van der Waals surface area contributed by atoms with E-state index in [0.717, 1.165) is 5.56 Å². The predicted molar refractivity (Wildman–Crippen MR) is 109 cm³/mol. The van der Waals surface area contributed by atoms with Crippen LogP contribution in [0.4, 0.5) is 4.39 Å². The molecule has 7 nitrogen and oxygen atoms in total. The number of hydrogen-bond donors (Lipinski definition) is 0. The summed E-state index contributed by atoms with van der Waals surface area (Å²) in [5, 5.41) is 0. The molecular weight excluding hydrogens is 405 g/mol. The first-order valence-corrected chi connectivity index (χ1v) is 9.46. The van der Waals surface area contributed by atoms with Crippen LogP contribution in [0.5, 0.6) is 11.5 Å². The van der Waals surface area contributed by atoms with E-state index in [4.69, 9.17) is 18.6 Å². The molecule has 0 N–H and O–H groups in total. The number of para-hydroxylation sites is 1. The molecule has 0 atom stereocenters. The summed E-state index contributed by atoms with van der Waals surface area (Å²) >= 11 is 0. The number of methoxy groups -OCH3 is 1. The molecule has 162 valence electrons. The Morgan fingerprint density at radius 1 is 1.03 bits per heavy atom. The van der Waals surface area contributed by atoms with Gasteiger partial charge in [-0.25, -0.2) is 9.18 Å². The van der Waals surface area contributed by atoms with E-state index in [0.29, 0.717) is 23.8 Å². The molecule has 0 spiro atoms. The summed E-state index contributed by atoms with van der Waals surface area (Å²) in [5.74, 6) is -0.0132. The monoisotopic (exact) mass is 427 g/mol. The summed E-state index contributed by atoms with van der Waals surface area (Å²) in [6.07, 6.45) is 0. The van der Waals surface area contributed by atoms with E-state index in [-0.39, 0.29) is 24.1 Å². The Labute approximate surface area is 178 Å². The van der Waals surface area contributed by atoms with Crippen molar-refractivity contribution in [3.05, 3.63) is 83.6 Å². The first-order valence-electron chi connectivity index (χ1n) is 9.46. The molecule has 0 radical (unpaired) electrons. The number of amides is 1. The molecular formula is C23H22FNO6. The molecule has 0 aliphatic heterocycles. The van der Waals surface area contributed by atoms with E-state index < -0.39 is 12.6 Å². The number of likely N-dealkylation sites (N-methyl/N-ethyl adjacent to an activating group) is 1. The maximum Gasteiger partial charge on any atom is 0.374 e. The number of benzene rings is 2. The lowest BCUT2D eigenvalue weighted by molar-refractivity contribution is -0.133. The lowest BCUT2D eigenvalue weighted by Gasteiger charge is -2.18. The van der Waals surface area contributed by atoms with Gasteiger partial charge in [0, 0.05) is 19.2 Å². The van der Waals surface area contributed by atoms with Crippen molar-refractivity contribution in [2.24, 2.45) is 0 Å². The van der Waals surface area contributed by atoms with E-state index in [1.807, 2.05) is 24.3 Å². The number of carbonyl (C=O) groups excluding carboxylic acids is 2. The molecule has 1 amide bonds. The van der Waals surface area contributed by atoms with Gasteiger partial charge in [0.2, 0.25) is 5.76 Å².